The number of benzene rings is 1. The van der Waals surface area contributed by atoms with E-state index in [1.54, 1.807) is 17.4 Å². The van der Waals surface area contributed by atoms with Gasteiger partial charge in [-0.2, -0.15) is 0 Å². The van der Waals surface area contributed by atoms with Crippen LogP contribution in [0.4, 0.5) is 4.39 Å². The highest BCUT2D eigenvalue weighted by molar-refractivity contribution is 7.09. The first-order valence-electron chi connectivity index (χ1n) is 6.19. The van der Waals surface area contributed by atoms with Gasteiger partial charge >= 0.3 is 0 Å². The fourth-order valence-electron chi connectivity index (χ4n) is 1.58. The number of hydrogen-bond donors (Lipinski definition) is 1. The van der Waals surface area contributed by atoms with Crippen LogP contribution in [0.15, 0.2) is 29.6 Å². The normalized spacial score (nSPS) is 10.3. The summed E-state index contributed by atoms with van der Waals surface area (Å²) in [4.78, 5) is 15.9. The van der Waals surface area contributed by atoms with Gasteiger partial charge in [-0.3, -0.25) is 4.79 Å². The number of rotatable bonds is 6. The Morgan fingerprint density at radius 3 is 3.05 bits per heavy atom. The fourth-order valence-corrected chi connectivity index (χ4v) is 2.36. The van der Waals surface area contributed by atoms with Crippen molar-refractivity contribution in [3.63, 3.8) is 0 Å². The van der Waals surface area contributed by atoms with Crippen LogP contribution in [0, 0.1) is 12.7 Å². The van der Waals surface area contributed by atoms with Crippen molar-refractivity contribution in [2.45, 2.75) is 13.3 Å². The van der Waals surface area contributed by atoms with Crippen molar-refractivity contribution >= 4 is 17.2 Å². The molecule has 2 aromatic rings. The number of aryl methyl sites for hydroxylation is 1. The van der Waals surface area contributed by atoms with Gasteiger partial charge in [-0.15, -0.1) is 11.3 Å². The van der Waals surface area contributed by atoms with Gasteiger partial charge in [0, 0.05) is 30.1 Å². The number of carbonyl (C=O) groups is 1. The van der Waals surface area contributed by atoms with Crippen LogP contribution in [0.5, 0.6) is 5.75 Å². The van der Waals surface area contributed by atoms with Crippen LogP contribution >= 0.6 is 11.3 Å². The third-order valence-electron chi connectivity index (χ3n) is 2.49. The highest BCUT2D eigenvalue weighted by Gasteiger charge is 2.04. The van der Waals surface area contributed by atoms with E-state index in [0.29, 0.717) is 18.7 Å². The van der Waals surface area contributed by atoms with E-state index in [-0.39, 0.29) is 18.3 Å². The number of ether oxygens (including phenoxy) is 1. The molecule has 0 unspecified atom stereocenters. The fraction of sp³-hybridized carbons (Fsp3) is 0.286. The maximum Gasteiger partial charge on any atom is 0.257 e. The number of amides is 1. The molecular weight excluding hydrogens is 279 g/mol. The molecule has 0 aliphatic rings. The predicted molar refractivity (Wildman–Crippen MR) is 75.5 cm³/mol. The summed E-state index contributed by atoms with van der Waals surface area (Å²) < 4.78 is 18.1. The number of halogens is 1. The highest BCUT2D eigenvalue weighted by atomic mass is 32.1. The van der Waals surface area contributed by atoms with Crippen molar-refractivity contribution in [3.05, 3.63) is 46.2 Å². The van der Waals surface area contributed by atoms with E-state index in [4.69, 9.17) is 4.74 Å². The molecule has 0 bridgehead atoms. The summed E-state index contributed by atoms with van der Waals surface area (Å²) >= 11 is 1.58. The second-order valence-electron chi connectivity index (χ2n) is 4.23. The van der Waals surface area contributed by atoms with E-state index in [1.165, 1.54) is 18.2 Å². The van der Waals surface area contributed by atoms with Crippen molar-refractivity contribution in [2.75, 3.05) is 13.2 Å². The first-order valence-corrected chi connectivity index (χ1v) is 7.07. The second kappa shape index (κ2) is 7.00. The summed E-state index contributed by atoms with van der Waals surface area (Å²) in [5.41, 5.74) is 0.991. The van der Waals surface area contributed by atoms with Gasteiger partial charge in [0.15, 0.2) is 6.61 Å². The molecule has 2 rings (SSSR count). The van der Waals surface area contributed by atoms with Crippen LogP contribution in [-0.4, -0.2) is 24.0 Å². The molecule has 0 spiro atoms. The summed E-state index contributed by atoms with van der Waals surface area (Å²) in [6.07, 6.45) is 0.699. The Morgan fingerprint density at radius 2 is 2.35 bits per heavy atom. The van der Waals surface area contributed by atoms with E-state index in [0.717, 1.165) is 10.7 Å². The van der Waals surface area contributed by atoms with Gasteiger partial charge < -0.3 is 10.1 Å². The summed E-state index contributed by atoms with van der Waals surface area (Å²) in [6.45, 7) is 2.32. The smallest absolute Gasteiger partial charge is 0.257 e. The average molecular weight is 294 g/mol. The molecule has 0 radical (unpaired) electrons. The van der Waals surface area contributed by atoms with Crippen molar-refractivity contribution in [3.8, 4) is 5.75 Å². The molecular formula is C14H15FN2O2S. The minimum Gasteiger partial charge on any atom is -0.484 e. The molecule has 1 amide bonds. The average Bonchev–Trinajstić information content (AvgIpc) is 2.82. The number of nitrogens with one attached hydrogen (secondary N) is 1. The third kappa shape index (κ3) is 4.62. The summed E-state index contributed by atoms with van der Waals surface area (Å²) in [5.74, 6) is -0.278. The lowest BCUT2D eigenvalue weighted by molar-refractivity contribution is -0.123. The Balaban J connectivity index is 1.68. The predicted octanol–water partition coefficient (Wildman–Crippen LogP) is 2.33. The van der Waals surface area contributed by atoms with Crippen molar-refractivity contribution in [1.29, 1.82) is 0 Å². The lowest BCUT2D eigenvalue weighted by Crippen LogP contribution is -2.30. The van der Waals surface area contributed by atoms with E-state index in [1.807, 2.05) is 12.3 Å². The Labute approximate surface area is 120 Å². The Bertz CT molecular complexity index is 586. The highest BCUT2D eigenvalue weighted by Crippen LogP contribution is 2.11. The van der Waals surface area contributed by atoms with Gasteiger partial charge in [0.25, 0.3) is 5.91 Å². The van der Waals surface area contributed by atoms with Crippen LogP contribution < -0.4 is 10.1 Å². The molecule has 4 nitrogen and oxygen atoms in total. The van der Waals surface area contributed by atoms with Crippen molar-refractivity contribution in [2.24, 2.45) is 0 Å². The molecule has 0 saturated heterocycles. The van der Waals surface area contributed by atoms with E-state index >= 15 is 0 Å². The maximum atomic E-state index is 12.9. The zero-order valence-electron chi connectivity index (χ0n) is 11.1. The molecule has 1 N–H and O–H groups in total. The SMILES string of the molecule is Cc1csc(CCNC(=O)COc2cccc(F)c2)n1. The first kappa shape index (κ1) is 14.5. The molecule has 106 valence electrons. The van der Waals surface area contributed by atoms with E-state index in [9.17, 15) is 9.18 Å². The van der Waals surface area contributed by atoms with Gasteiger partial charge in [0.1, 0.15) is 11.6 Å². The van der Waals surface area contributed by atoms with Crippen molar-refractivity contribution < 1.29 is 13.9 Å². The lowest BCUT2D eigenvalue weighted by atomic mass is 10.3. The quantitative estimate of drug-likeness (QED) is 0.889. The molecule has 0 atom stereocenters. The van der Waals surface area contributed by atoms with Crippen LogP contribution in [0.1, 0.15) is 10.7 Å². The number of aromatic nitrogens is 1. The van der Waals surface area contributed by atoms with Gasteiger partial charge in [0.05, 0.1) is 5.01 Å². The van der Waals surface area contributed by atoms with E-state index < -0.39 is 0 Å². The zero-order valence-corrected chi connectivity index (χ0v) is 11.9. The Hall–Kier alpha value is -1.95. The molecule has 1 aromatic carbocycles. The lowest BCUT2D eigenvalue weighted by Gasteiger charge is -2.06. The van der Waals surface area contributed by atoms with Crippen LogP contribution in [0.2, 0.25) is 0 Å². The van der Waals surface area contributed by atoms with Crippen LogP contribution in [0.3, 0.4) is 0 Å². The van der Waals surface area contributed by atoms with Gasteiger partial charge in [-0.05, 0) is 19.1 Å². The van der Waals surface area contributed by atoms with Crippen LogP contribution in [0.25, 0.3) is 0 Å². The molecule has 1 aromatic heterocycles. The minimum absolute atomic E-state index is 0.125. The summed E-state index contributed by atoms with van der Waals surface area (Å²) in [6, 6.07) is 5.71. The molecule has 1 heterocycles. The number of carbonyl (C=O) groups excluding carboxylic acids is 1. The monoisotopic (exact) mass is 294 g/mol. The Morgan fingerprint density at radius 1 is 1.50 bits per heavy atom. The maximum absolute atomic E-state index is 12.9. The molecule has 0 saturated carbocycles. The van der Waals surface area contributed by atoms with Gasteiger partial charge in [-0.25, -0.2) is 9.37 Å². The second-order valence-corrected chi connectivity index (χ2v) is 5.17. The van der Waals surface area contributed by atoms with Crippen LogP contribution in [-0.2, 0) is 11.2 Å². The van der Waals surface area contributed by atoms with Gasteiger partial charge in [-0.1, -0.05) is 6.07 Å². The standard InChI is InChI=1S/C14H15FN2O2S/c1-10-9-20-14(17-10)5-6-16-13(18)8-19-12-4-2-3-11(15)7-12/h2-4,7,9H,5-6,8H2,1H3,(H,16,18). The molecule has 0 aliphatic carbocycles. The molecule has 0 fully saturated rings. The largest absolute Gasteiger partial charge is 0.484 e. The van der Waals surface area contributed by atoms with Gasteiger partial charge in [0.2, 0.25) is 0 Å². The molecule has 6 heteroatoms. The zero-order chi connectivity index (χ0) is 14.4. The number of thiazole rings is 1. The molecule has 0 aliphatic heterocycles. The first-order chi connectivity index (χ1) is 9.63. The third-order valence-corrected chi connectivity index (χ3v) is 3.52. The summed E-state index contributed by atoms with van der Waals surface area (Å²) in [5, 5.41) is 5.70. The topological polar surface area (TPSA) is 51.2 Å². The van der Waals surface area contributed by atoms with Crippen molar-refractivity contribution in [1.82, 2.24) is 10.3 Å². The molecule has 20 heavy (non-hydrogen) atoms. The minimum atomic E-state index is -0.387. The summed E-state index contributed by atoms with van der Waals surface area (Å²) in [7, 11) is 0. The number of hydrogen-bond acceptors (Lipinski definition) is 4. The Kier molecular flexibility index (Phi) is 5.06. The number of nitrogens with zero attached hydrogens (tertiary/aromatic N) is 1. The van der Waals surface area contributed by atoms with E-state index in [2.05, 4.69) is 10.3 Å².